The number of rotatable bonds is 2. The average Bonchev–Trinajstić information content (AvgIpc) is 3.35. The molecule has 2 aromatic heterocycles. The third kappa shape index (κ3) is 2.72. The molecule has 25 heavy (non-hydrogen) atoms. The van der Waals surface area contributed by atoms with Crippen LogP contribution in [0.1, 0.15) is 23.3 Å². The van der Waals surface area contributed by atoms with Gasteiger partial charge in [-0.15, -0.1) is 0 Å². The highest BCUT2D eigenvalue weighted by molar-refractivity contribution is 5.97. The molecule has 0 saturated carbocycles. The van der Waals surface area contributed by atoms with Crippen LogP contribution in [0.2, 0.25) is 0 Å². The number of urea groups is 1. The van der Waals surface area contributed by atoms with Crippen molar-refractivity contribution < 1.29 is 19.1 Å². The van der Waals surface area contributed by atoms with Crippen LogP contribution < -0.4 is 5.32 Å². The number of ether oxygens (including phenoxy) is 2. The maximum absolute atomic E-state index is 12.7. The van der Waals surface area contributed by atoms with Crippen molar-refractivity contribution in [3.05, 3.63) is 30.1 Å². The van der Waals surface area contributed by atoms with Gasteiger partial charge < -0.3 is 14.4 Å². The number of imidazole rings is 1. The van der Waals surface area contributed by atoms with Crippen molar-refractivity contribution in [1.82, 2.24) is 14.3 Å². The van der Waals surface area contributed by atoms with Crippen LogP contribution in [0.15, 0.2) is 24.4 Å². The van der Waals surface area contributed by atoms with Gasteiger partial charge in [-0.3, -0.25) is 9.72 Å². The third-order valence-electron chi connectivity index (χ3n) is 5.06. The predicted molar refractivity (Wildman–Crippen MR) is 89.6 cm³/mol. The van der Waals surface area contributed by atoms with Crippen LogP contribution in [0.3, 0.4) is 0 Å². The lowest BCUT2D eigenvalue weighted by molar-refractivity contribution is 0.0597. The van der Waals surface area contributed by atoms with Crippen molar-refractivity contribution in [3.63, 3.8) is 0 Å². The number of esters is 1. The number of hydrogen-bond donors (Lipinski definition) is 1. The summed E-state index contributed by atoms with van der Waals surface area (Å²) in [6, 6.07) is 5.16. The Kier molecular flexibility index (Phi) is 3.84. The number of fused-ring (bicyclic) bond motifs is 1. The smallest absolute Gasteiger partial charge is 0.359 e. The van der Waals surface area contributed by atoms with Crippen LogP contribution >= 0.6 is 0 Å². The fourth-order valence-electron chi connectivity index (χ4n) is 3.63. The van der Waals surface area contributed by atoms with Crippen LogP contribution in [0.25, 0.3) is 5.52 Å². The minimum absolute atomic E-state index is 0.100. The Balaban J connectivity index is 1.56. The Morgan fingerprint density at radius 2 is 2.24 bits per heavy atom. The van der Waals surface area contributed by atoms with E-state index in [-0.39, 0.29) is 17.1 Å². The lowest BCUT2D eigenvalue weighted by Crippen LogP contribution is -2.36. The zero-order valence-electron chi connectivity index (χ0n) is 14.0. The summed E-state index contributed by atoms with van der Waals surface area (Å²) >= 11 is 0. The van der Waals surface area contributed by atoms with Crippen LogP contribution in [0, 0.1) is 5.41 Å². The lowest BCUT2D eigenvalue weighted by atomic mass is 9.87. The molecule has 132 valence electrons. The summed E-state index contributed by atoms with van der Waals surface area (Å²) in [7, 11) is 1.31. The third-order valence-corrected chi connectivity index (χ3v) is 5.06. The van der Waals surface area contributed by atoms with Gasteiger partial charge in [0.15, 0.2) is 5.69 Å². The van der Waals surface area contributed by atoms with E-state index >= 15 is 0 Å². The van der Waals surface area contributed by atoms with Crippen LogP contribution in [-0.2, 0) is 9.47 Å². The number of nitrogens with one attached hydrogen (secondary N) is 1. The van der Waals surface area contributed by atoms with Gasteiger partial charge in [-0.2, -0.15) is 0 Å². The summed E-state index contributed by atoms with van der Waals surface area (Å²) in [5.41, 5.74) is 0.871. The average molecular weight is 344 g/mol. The monoisotopic (exact) mass is 344 g/mol. The van der Waals surface area contributed by atoms with E-state index in [1.54, 1.807) is 27.6 Å². The molecule has 2 saturated heterocycles. The van der Waals surface area contributed by atoms with Gasteiger partial charge in [0.2, 0.25) is 5.95 Å². The fourth-order valence-corrected chi connectivity index (χ4v) is 3.63. The van der Waals surface area contributed by atoms with E-state index in [4.69, 9.17) is 9.47 Å². The number of nitrogens with zero attached hydrogens (tertiary/aromatic N) is 3. The number of hydrogen-bond acceptors (Lipinski definition) is 5. The minimum atomic E-state index is -0.535. The number of aromatic nitrogens is 2. The van der Waals surface area contributed by atoms with E-state index in [0.29, 0.717) is 24.6 Å². The molecule has 4 heterocycles. The first kappa shape index (κ1) is 15.9. The molecular formula is C17H20N4O4. The normalized spacial score (nSPS) is 22.7. The second-order valence-electron chi connectivity index (χ2n) is 6.64. The highest BCUT2D eigenvalue weighted by atomic mass is 16.5. The molecule has 0 aromatic carbocycles. The number of carbonyl (C=O) groups excluding carboxylic acids is 2. The number of amides is 2. The number of likely N-dealkylation sites (tertiary alicyclic amines) is 1. The highest BCUT2D eigenvalue weighted by Crippen LogP contribution is 2.38. The van der Waals surface area contributed by atoms with E-state index in [1.165, 1.54) is 7.11 Å². The molecule has 2 aromatic rings. The van der Waals surface area contributed by atoms with Crippen molar-refractivity contribution in [2.24, 2.45) is 5.41 Å². The Morgan fingerprint density at radius 1 is 1.36 bits per heavy atom. The molecule has 1 spiro atoms. The topological polar surface area (TPSA) is 85.2 Å². The second kappa shape index (κ2) is 6.03. The standard InChI is InChI=1S/C17H20N4O4/c1-24-14(22)13-12-4-2-3-7-21(12)15(18-13)19-16(23)20-8-5-17(10-20)6-9-25-11-17/h2-4,7H,5-6,8-11H2,1H3,(H,18,19,23). The highest BCUT2D eigenvalue weighted by Gasteiger charge is 2.43. The molecule has 8 nitrogen and oxygen atoms in total. The SMILES string of the molecule is COC(=O)c1nc(NC(=O)N2CCC3(CCOC3)C2)n2ccccc12. The summed E-state index contributed by atoms with van der Waals surface area (Å²) in [5.74, 6) is -0.225. The van der Waals surface area contributed by atoms with Gasteiger partial charge in [0, 0.05) is 31.3 Å². The van der Waals surface area contributed by atoms with Crippen molar-refractivity contribution in [1.29, 1.82) is 0 Å². The Hall–Kier alpha value is -2.61. The molecule has 4 rings (SSSR count). The Morgan fingerprint density at radius 3 is 3.00 bits per heavy atom. The molecule has 2 aliphatic rings. The molecule has 2 fully saturated rings. The van der Waals surface area contributed by atoms with Crippen LogP contribution in [0.4, 0.5) is 10.7 Å². The molecular weight excluding hydrogens is 324 g/mol. The zero-order chi connectivity index (χ0) is 17.4. The molecule has 1 atom stereocenters. The molecule has 2 amide bonds. The first-order valence-electron chi connectivity index (χ1n) is 8.31. The molecule has 0 aliphatic carbocycles. The van der Waals surface area contributed by atoms with Gasteiger partial charge >= 0.3 is 12.0 Å². The first-order chi connectivity index (χ1) is 12.1. The van der Waals surface area contributed by atoms with E-state index in [2.05, 4.69) is 10.3 Å². The van der Waals surface area contributed by atoms with Crippen molar-refractivity contribution in [2.75, 3.05) is 38.7 Å². The van der Waals surface area contributed by atoms with E-state index in [0.717, 1.165) is 26.1 Å². The maximum Gasteiger partial charge on any atom is 0.359 e. The summed E-state index contributed by atoms with van der Waals surface area (Å²) in [6.07, 6.45) is 3.70. The largest absolute Gasteiger partial charge is 0.464 e. The number of methoxy groups -OCH3 is 1. The summed E-state index contributed by atoms with van der Waals surface area (Å²) in [4.78, 5) is 30.6. The minimum Gasteiger partial charge on any atom is -0.464 e. The van der Waals surface area contributed by atoms with Gasteiger partial charge in [-0.05, 0) is 25.0 Å². The molecule has 2 aliphatic heterocycles. The van der Waals surface area contributed by atoms with Crippen molar-refractivity contribution in [2.45, 2.75) is 12.8 Å². The number of anilines is 1. The summed E-state index contributed by atoms with van der Waals surface area (Å²) in [5, 5.41) is 2.82. The number of pyridine rings is 1. The summed E-state index contributed by atoms with van der Waals surface area (Å²) < 4.78 is 12.0. The van der Waals surface area contributed by atoms with Crippen LogP contribution in [0.5, 0.6) is 0 Å². The quantitative estimate of drug-likeness (QED) is 0.839. The van der Waals surface area contributed by atoms with Crippen LogP contribution in [-0.4, -0.2) is 59.7 Å². The zero-order valence-corrected chi connectivity index (χ0v) is 14.0. The van der Waals surface area contributed by atoms with Gasteiger partial charge in [0.25, 0.3) is 0 Å². The van der Waals surface area contributed by atoms with Gasteiger partial charge in [0.05, 0.1) is 19.2 Å². The fraction of sp³-hybridized carbons (Fsp3) is 0.471. The van der Waals surface area contributed by atoms with Gasteiger partial charge in [-0.25, -0.2) is 14.6 Å². The van der Waals surface area contributed by atoms with E-state index < -0.39 is 5.97 Å². The molecule has 1 N–H and O–H groups in total. The predicted octanol–water partition coefficient (Wildman–Crippen LogP) is 1.77. The lowest BCUT2D eigenvalue weighted by Gasteiger charge is -2.21. The molecule has 0 bridgehead atoms. The van der Waals surface area contributed by atoms with Gasteiger partial charge in [-0.1, -0.05) is 6.07 Å². The molecule has 1 unspecified atom stereocenters. The summed E-state index contributed by atoms with van der Waals surface area (Å²) in [6.45, 7) is 2.87. The Labute approximate surface area is 144 Å². The molecule has 0 radical (unpaired) electrons. The van der Waals surface area contributed by atoms with Crippen molar-refractivity contribution >= 4 is 23.5 Å². The maximum atomic E-state index is 12.7. The Bertz CT molecular complexity index is 825. The first-order valence-corrected chi connectivity index (χ1v) is 8.31. The second-order valence-corrected chi connectivity index (χ2v) is 6.64. The van der Waals surface area contributed by atoms with Gasteiger partial charge in [0.1, 0.15) is 0 Å². The van der Waals surface area contributed by atoms with E-state index in [9.17, 15) is 9.59 Å². The molecule has 8 heteroatoms. The van der Waals surface area contributed by atoms with Crippen molar-refractivity contribution in [3.8, 4) is 0 Å². The number of carbonyl (C=O) groups is 2. The van der Waals surface area contributed by atoms with E-state index in [1.807, 2.05) is 6.07 Å².